The van der Waals surface area contributed by atoms with E-state index in [0.29, 0.717) is 17.1 Å². The summed E-state index contributed by atoms with van der Waals surface area (Å²) in [5, 5.41) is 9.18. The van der Waals surface area contributed by atoms with Gasteiger partial charge < -0.3 is 20.3 Å². The standard InChI is InChI=1S/C15H15NO4/c1-19-12-7-2-3-8-13(12)20-9-10-5-4-6-11(16)14(10)15(17)18/h2-8H,9,16H2,1H3,(H,17,18). The Balaban J connectivity index is 2.23. The third-order valence-corrected chi connectivity index (χ3v) is 2.85. The topological polar surface area (TPSA) is 81.8 Å². The number of carboxylic acid groups (broad SMARTS) is 1. The van der Waals surface area contributed by atoms with E-state index in [-0.39, 0.29) is 17.9 Å². The Morgan fingerprint density at radius 1 is 1.15 bits per heavy atom. The number of hydrogen-bond donors (Lipinski definition) is 2. The fourth-order valence-electron chi connectivity index (χ4n) is 1.89. The van der Waals surface area contributed by atoms with Crippen molar-refractivity contribution in [3.8, 4) is 11.5 Å². The molecular weight excluding hydrogens is 258 g/mol. The Hall–Kier alpha value is -2.69. The third-order valence-electron chi connectivity index (χ3n) is 2.85. The van der Waals surface area contributed by atoms with Crippen LogP contribution in [0.4, 0.5) is 5.69 Å². The van der Waals surface area contributed by atoms with Gasteiger partial charge in [0.25, 0.3) is 0 Å². The van der Waals surface area contributed by atoms with E-state index >= 15 is 0 Å². The quantitative estimate of drug-likeness (QED) is 0.818. The van der Waals surface area contributed by atoms with Crippen LogP contribution in [0.1, 0.15) is 15.9 Å². The number of carboxylic acids is 1. The van der Waals surface area contributed by atoms with E-state index in [2.05, 4.69) is 0 Å². The van der Waals surface area contributed by atoms with E-state index in [1.807, 2.05) is 12.1 Å². The van der Waals surface area contributed by atoms with E-state index in [1.54, 1.807) is 37.4 Å². The summed E-state index contributed by atoms with van der Waals surface area (Å²) in [6, 6.07) is 12.1. The van der Waals surface area contributed by atoms with E-state index < -0.39 is 5.97 Å². The van der Waals surface area contributed by atoms with Crippen molar-refractivity contribution in [2.24, 2.45) is 0 Å². The molecule has 0 amide bonds. The molecule has 0 radical (unpaired) electrons. The van der Waals surface area contributed by atoms with Gasteiger partial charge in [0.2, 0.25) is 0 Å². The molecule has 3 N–H and O–H groups in total. The number of para-hydroxylation sites is 2. The second-order valence-corrected chi connectivity index (χ2v) is 4.13. The summed E-state index contributed by atoms with van der Waals surface area (Å²) < 4.78 is 10.8. The molecule has 5 nitrogen and oxygen atoms in total. The molecule has 0 aromatic heterocycles. The van der Waals surface area contributed by atoms with Crippen LogP contribution < -0.4 is 15.2 Å². The molecule has 104 valence electrons. The number of benzene rings is 2. The number of rotatable bonds is 5. The van der Waals surface area contributed by atoms with Gasteiger partial charge in [0.1, 0.15) is 6.61 Å². The SMILES string of the molecule is COc1ccccc1OCc1cccc(N)c1C(=O)O. The molecule has 0 aliphatic heterocycles. The first-order valence-electron chi connectivity index (χ1n) is 6.00. The van der Waals surface area contributed by atoms with Crippen molar-refractivity contribution in [2.45, 2.75) is 6.61 Å². The van der Waals surface area contributed by atoms with E-state index in [1.165, 1.54) is 0 Å². The van der Waals surface area contributed by atoms with Crippen LogP contribution in [0.3, 0.4) is 0 Å². The van der Waals surface area contributed by atoms with Crippen LogP contribution in [0.2, 0.25) is 0 Å². The number of carbonyl (C=O) groups is 1. The average Bonchev–Trinajstić information content (AvgIpc) is 2.45. The first kappa shape index (κ1) is 13.7. The zero-order chi connectivity index (χ0) is 14.5. The Kier molecular flexibility index (Phi) is 4.10. The molecule has 2 aromatic carbocycles. The van der Waals surface area contributed by atoms with Gasteiger partial charge in [0, 0.05) is 11.3 Å². The summed E-state index contributed by atoms with van der Waals surface area (Å²) in [7, 11) is 1.55. The van der Waals surface area contributed by atoms with Crippen molar-refractivity contribution in [1.82, 2.24) is 0 Å². The van der Waals surface area contributed by atoms with Crippen molar-refractivity contribution in [3.63, 3.8) is 0 Å². The minimum absolute atomic E-state index is 0.0717. The number of anilines is 1. The summed E-state index contributed by atoms with van der Waals surface area (Å²) in [5.41, 5.74) is 6.50. The van der Waals surface area contributed by atoms with Crippen LogP contribution in [0, 0.1) is 0 Å². The minimum atomic E-state index is -1.07. The molecule has 0 bridgehead atoms. The van der Waals surface area contributed by atoms with E-state index in [0.717, 1.165) is 0 Å². The molecule has 2 rings (SSSR count). The highest BCUT2D eigenvalue weighted by atomic mass is 16.5. The second kappa shape index (κ2) is 5.97. The highest BCUT2D eigenvalue weighted by molar-refractivity contribution is 5.95. The Morgan fingerprint density at radius 3 is 2.50 bits per heavy atom. The molecule has 0 atom stereocenters. The van der Waals surface area contributed by atoms with Gasteiger partial charge in [0.05, 0.1) is 12.7 Å². The number of methoxy groups -OCH3 is 1. The lowest BCUT2D eigenvalue weighted by Gasteiger charge is -2.12. The fraction of sp³-hybridized carbons (Fsp3) is 0.133. The van der Waals surface area contributed by atoms with Crippen LogP contribution in [0.5, 0.6) is 11.5 Å². The predicted molar refractivity (Wildman–Crippen MR) is 75.1 cm³/mol. The van der Waals surface area contributed by atoms with Gasteiger partial charge in [-0.2, -0.15) is 0 Å². The highest BCUT2D eigenvalue weighted by Crippen LogP contribution is 2.27. The second-order valence-electron chi connectivity index (χ2n) is 4.13. The van der Waals surface area contributed by atoms with Crippen LogP contribution in [0.15, 0.2) is 42.5 Å². The monoisotopic (exact) mass is 273 g/mol. The summed E-state index contributed by atoms with van der Waals surface area (Å²) in [6.07, 6.45) is 0. The molecule has 2 aromatic rings. The van der Waals surface area contributed by atoms with Crippen molar-refractivity contribution in [3.05, 3.63) is 53.6 Å². The molecule has 0 saturated heterocycles. The van der Waals surface area contributed by atoms with Gasteiger partial charge in [-0.05, 0) is 18.2 Å². The summed E-state index contributed by atoms with van der Waals surface area (Å²) in [4.78, 5) is 11.2. The Bertz CT molecular complexity index is 625. The maximum absolute atomic E-state index is 11.2. The average molecular weight is 273 g/mol. The molecule has 5 heteroatoms. The number of hydrogen-bond acceptors (Lipinski definition) is 4. The zero-order valence-electron chi connectivity index (χ0n) is 11.0. The predicted octanol–water partition coefficient (Wildman–Crippen LogP) is 2.55. The molecule has 0 aliphatic rings. The fourth-order valence-corrected chi connectivity index (χ4v) is 1.89. The maximum Gasteiger partial charge on any atom is 0.338 e. The van der Waals surface area contributed by atoms with Gasteiger partial charge in [-0.15, -0.1) is 0 Å². The third kappa shape index (κ3) is 2.83. The maximum atomic E-state index is 11.2. The van der Waals surface area contributed by atoms with Gasteiger partial charge in [-0.1, -0.05) is 24.3 Å². The van der Waals surface area contributed by atoms with Crippen LogP contribution >= 0.6 is 0 Å². The number of ether oxygens (including phenoxy) is 2. The van der Waals surface area contributed by atoms with Gasteiger partial charge in [-0.25, -0.2) is 4.79 Å². The first-order chi connectivity index (χ1) is 9.63. The summed E-state index contributed by atoms with van der Waals surface area (Å²) in [5.74, 6) is 0.0729. The number of nitrogens with two attached hydrogens (primary N) is 1. The molecule has 0 spiro atoms. The lowest BCUT2D eigenvalue weighted by atomic mass is 10.1. The van der Waals surface area contributed by atoms with Crippen LogP contribution in [-0.2, 0) is 6.61 Å². The summed E-state index contributed by atoms with van der Waals surface area (Å²) >= 11 is 0. The smallest absolute Gasteiger partial charge is 0.338 e. The summed E-state index contributed by atoms with van der Waals surface area (Å²) in [6.45, 7) is 0.104. The number of nitrogen functional groups attached to an aromatic ring is 1. The normalized spacial score (nSPS) is 10.1. The van der Waals surface area contributed by atoms with Crippen molar-refractivity contribution >= 4 is 11.7 Å². The molecule has 0 aliphatic carbocycles. The van der Waals surface area contributed by atoms with Gasteiger partial charge in [-0.3, -0.25) is 0 Å². The lowest BCUT2D eigenvalue weighted by Crippen LogP contribution is -2.09. The largest absolute Gasteiger partial charge is 0.493 e. The van der Waals surface area contributed by atoms with Crippen molar-refractivity contribution < 1.29 is 19.4 Å². The Labute approximate surface area is 116 Å². The Morgan fingerprint density at radius 2 is 1.85 bits per heavy atom. The first-order valence-corrected chi connectivity index (χ1v) is 6.00. The molecular formula is C15H15NO4. The van der Waals surface area contributed by atoms with Crippen LogP contribution in [0.25, 0.3) is 0 Å². The van der Waals surface area contributed by atoms with E-state index in [9.17, 15) is 9.90 Å². The van der Waals surface area contributed by atoms with Crippen molar-refractivity contribution in [1.29, 1.82) is 0 Å². The van der Waals surface area contributed by atoms with E-state index in [4.69, 9.17) is 15.2 Å². The van der Waals surface area contributed by atoms with Crippen molar-refractivity contribution in [2.75, 3.05) is 12.8 Å². The molecule has 0 fully saturated rings. The molecule has 0 unspecified atom stereocenters. The van der Waals surface area contributed by atoms with Gasteiger partial charge >= 0.3 is 5.97 Å². The lowest BCUT2D eigenvalue weighted by molar-refractivity contribution is 0.0695. The number of aromatic carboxylic acids is 1. The highest BCUT2D eigenvalue weighted by Gasteiger charge is 2.14. The zero-order valence-corrected chi connectivity index (χ0v) is 11.0. The van der Waals surface area contributed by atoms with Crippen LogP contribution in [-0.4, -0.2) is 18.2 Å². The minimum Gasteiger partial charge on any atom is -0.493 e. The van der Waals surface area contributed by atoms with Gasteiger partial charge in [0.15, 0.2) is 11.5 Å². The molecule has 20 heavy (non-hydrogen) atoms. The molecule has 0 saturated carbocycles. The molecule has 0 heterocycles.